The molecule has 0 aliphatic heterocycles. The molecule has 0 aliphatic carbocycles. The van der Waals surface area contributed by atoms with Crippen molar-refractivity contribution in [3.63, 3.8) is 0 Å². The van der Waals surface area contributed by atoms with Crippen LogP contribution in [0.25, 0.3) is 0 Å². The Morgan fingerprint density at radius 3 is 0.722 bits per heavy atom. The summed E-state index contributed by atoms with van der Waals surface area (Å²) in [6.45, 7) is 26.1. The minimum absolute atomic E-state index is 0.0156. The van der Waals surface area contributed by atoms with Crippen molar-refractivity contribution in [2.45, 2.75) is 101 Å². The van der Waals surface area contributed by atoms with E-state index in [0.29, 0.717) is 10.8 Å². The van der Waals surface area contributed by atoms with Crippen LogP contribution in [-0.2, 0) is 4.74 Å². The van der Waals surface area contributed by atoms with Gasteiger partial charge in [0.1, 0.15) is 0 Å². The number of rotatable bonds is 0. The lowest BCUT2D eigenvalue weighted by molar-refractivity contribution is -0.102. The highest BCUT2D eigenvalue weighted by Crippen LogP contribution is 2.31. The van der Waals surface area contributed by atoms with Crippen molar-refractivity contribution in [3.05, 3.63) is 0 Å². The molecule has 0 rings (SSSR count). The Kier molecular flexibility index (Phi) is 7.22. The second-order valence-corrected chi connectivity index (χ2v) is 9.62. The molecule has 0 atom stereocenters. The molecule has 1 nitrogen and oxygen atoms in total. The van der Waals surface area contributed by atoms with Crippen molar-refractivity contribution in [2.75, 3.05) is 0 Å². The van der Waals surface area contributed by atoms with E-state index in [1.54, 1.807) is 0 Å². The second kappa shape index (κ2) is 6.41. The fourth-order valence-corrected chi connectivity index (χ4v) is 2.51. The summed E-state index contributed by atoms with van der Waals surface area (Å²) in [5.74, 6) is 0. The molecule has 1 heteroatoms. The van der Waals surface area contributed by atoms with E-state index in [1.165, 1.54) is 6.42 Å². The summed E-state index contributed by atoms with van der Waals surface area (Å²) >= 11 is 0. The Labute approximate surface area is 117 Å². The maximum absolute atomic E-state index is 5.62. The maximum atomic E-state index is 5.62. The van der Waals surface area contributed by atoms with Gasteiger partial charge in [0.15, 0.2) is 0 Å². The predicted molar refractivity (Wildman–Crippen MR) is 84.1 cm³/mol. The van der Waals surface area contributed by atoms with Gasteiger partial charge in [-0.05, 0) is 58.8 Å². The summed E-state index contributed by atoms with van der Waals surface area (Å²) < 4.78 is 5.62. The van der Waals surface area contributed by atoms with Gasteiger partial charge in [-0.25, -0.2) is 0 Å². The van der Waals surface area contributed by atoms with Gasteiger partial charge in [-0.3, -0.25) is 0 Å². The third-order valence-electron chi connectivity index (χ3n) is 1.67. The average Bonchev–Trinajstić information content (AvgIpc) is 1.64. The van der Waals surface area contributed by atoms with Crippen LogP contribution in [0.4, 0.5) is 0 Å². The van der Waals surface area contributed by atoms with E-state index in [4.69, 9.17) is 4.74 Å². The van der Waals surface area contributed by atoms with Gasteiger partial charge in [-0.2, -0.15) is 0 Å². The predicted octanol–water partition coefficient (Wildman–Crippen LogP) is 6.07. The quantitative estimate of drug-likeness (QED) is 0.512. The van der Waals surface area contributed by atoms with Gasteiger partial charge < -0.3 is 4.74 Å². The third kappa shape index (κ3) is 25.0. The van der Waals surface area contributed by atoms with Crippen LogP contribution in [0.1, 0.15) is 89.5 Å². The van der Waals surface area contributed by atoms with Gasteiger partial charge in [0.2, 0.25) is 0 Å². The molecule has 0 fully saturated rings. The largest absolute Gasteiger partial charge is 0.370 e. The molecule has 0 amide bonds. The van der Waals surface area contributed by atoms with Crippen LogP contribution in [0, 0.1) is 10.8 Å². The number of hydrogen-bond acceptors (Lipinski definition) is 1. The van der Waals surface area contributed by atoms with Gasteiger partial charge >= 0.3 is 0 Å². The first kappa shape index (κ1) is 20.3. The third-order valence-corrected chi connectivity index (χ3v) is 1.67. The van der Waals surface area contributed by atoms with Crippen molar-refractivity contribution in [3.8, 4) is 0 Å². The summed E-state index contributed by atoms with van der Waals surface area (Å²) in [5.41, 5.74) is 0.938. The molecule has 0 aromatic carbocycles. The van der Waals surface area contributed by atoms with Crippen LogP contribution in [0.3, 0.4) is 0 Å². The first-order valence-electron chi connectivity index (χ1n) is 7.12. The molecule has 0 aromatic rings. The Morgan fingerprint density at radius 1 is 0.500 bits per heavy atom. The molecule has 0 saturated carbocycles. The summed E-state index contributed by atoms with van der Waals surface area (Å²) in [4.78, 5) is 0. The first-order valence-corrected chi connectivity index (χ1v) is 7.12. The van der Waals surface area contributed by atoms with Crippen molar-refractivity contribution >= 4 is 0 Å². The summed E-state index contributed by atoms with van der Waals surface area (Å²) in [6, 6.07) is 0. The molecule has 0 heterocycles. The summed E-state index contributed by atoms with van der Waals surface area (Å²) in [6.07, 6.45) is 1.29. The normalized spacial score (nSPS) is 14.0. The van der Waals surface area contributed by atoms with Crippen molar-refractivity contribution in [1.29, 1.82) is 0 Å². The molecular formula is C17H38O. The monoisotopic (exact) mass is 258 g/mol. The van der Waals surface area contributed by atoms with Crippen LogP contribution in [-0.4, -0.2) is 11.2 Å². The van der Waals surface area contributed by atoms with E-state index >= 15 is 0 Å². The lowest BCUT2D eigenvalue weighted by atomic mass is 9.78. The van der Waals surface area contributed by atoms with Crippen molar-refractivity contribution < 1.29 is 4.74 Å². The minimum Gasteiger partial charge on any atom is -0.370 e. The van der Waals surface area contributed by atoms with Crippen LogP contribution in [0.2, 0.25) is 0 Å². The Morgan fingerprint density at radius 2 is 0.722 bits per heavy atom. The van der Waals surface area contributed by atoms with E-state index in [1.807, 2.05) is 0 Å². The molecule has 18 heavy (non-hydrogen) atoms. The molecule has 0 N–H and O–H groups in total. The van der Waals surface area contributed by atoms with E-state index < -0.39 is 0 Å². The molecule has 0 bridgehead atoms. The Bertz CT molecular complexity index is 162. The van der Waals surface area contributed by atoms with Crippen LogP contribution in [0.5, 0.6) is 0 Å². The van der Waals surface area contributed by atoms with Crippen LogP contribution >= 0.6 is 0 Å². The zero-order valence-electron chi connectivity index (χ0n) is 15.1. The van der Waals surface area contributed by atoms with E-state index in [-0.39, 0.29) is 11.2 Å². The van der Waals surface area contributed by atoms with Gasteiger partial charge in [0.25, 0.3) is 0 Å². The van der Waals surface area contributed by atoms with Gasteiger partial charge in [-0.1, -0.05) is 41.5 Å². The highest BCUT2D eigenvalue weighted by Gasteiger charge is 2.20. The molecule has 0 radical (unpaired) electrons. The molecule has 0 aliphatic rings. The Balaban J connectivity index is 0. The fraction of sp³-hybridized carbons (Fsp3) is 1.00. The molecule has 0 spiro atoms. The molecule has 112 valence electrons. The number of ether oxygens (including phenoxy) is 1. The zero-order chi connectivity index (χ0) is 15.4. The molecular weight excluding hydrogens is 220 g/mol. The highest BCUT2D eigenvalue weighted by molar-refractivity contribution is 4.71. The zero-order valence-corrected chi connectivity index (χ0v) is 15.1. The van der Waals surface area contributed by atoms with Crippen molar-refractivity contribution in [1.82, 2.24) is 0 Å². The van der Waals surface area contributed by atoms with E-state index in [0.717, 1.165) is 0 Å². The topological polar surface area (TPSA) is 9.23 Å². The van der Waals surface area contributed by atoms with Gasteiger partial charge in [0, 0.05) is 0 Å². The van der Waals surface area contributed by atoms with E-state index in [9.17, 15) is 0 Å². The maximum Gasteiger partial charge on any atom is 0.0605 e. The fourth-order valence-electron chi connectivity index (χ4n) is 2.51. The van der Waals surface area contributed by atoms with Crippen LogP contribution < -0.4 is 0 Å². The summed E-state index contributed by atoms with van der Waals surface area (Å²) in [7, 11) is 0. The smallest absolute Gasteiger partial charge is 0.0605 e. The molecule has 0 saturated heterocycles. The van der Waals surface area contributed by atoms with E-state index in [2.05, 4.69) is 83.1 Å². The lowest BCUT2D eigenvalue weighted by Crippen LogP contribution is -2.31. The second-order valence-electron chi connectivity index (χ2n) is 9.62. The Hall–Kier alpha value is -0.0400. The minimum atomic E-state index is -0.0156. The SMILES string of the molecule is CC(C)(C)CC(C)(C)C.CC(C)(C)OC(C)(C)C. The lowest BCUT2D eigenvalue weighted by Gasteiger charge is -2.30. The van der Waals surface area contributed by atoms with Gasteiger partial charge in [-0.15, -0.1) is 0 Å². The summed E-state index contributed by atoms with van der Waals surface area (Å²) in [5, 5.41) is 0. The standard InChI is InChI=1S/C9H20.C8H18O/c1-8(2,3)7-9(4,5)6;1-7(2,3)9-8(4,5)6/h7H2,1-6H3;1-6H3. The highest BCUT2D eigenvalue weighted by atomic mass is 16.5. The van der Waals surface area contributed by atoms with Gasteiger partial charge in [0.05, 0.1) is 11.2 Å². The molecule has 0 aromatic heterocycles. The first-order chi connectivity index (χ1) is 7.41. The average molecular weight is 258 g/mol. The van der Waals surface area contributed by atoms with Crippen LogP contribution in [0.15, 0.2) is 0 Å². The van der Waals surface area contributed by atoms with Crippen molar-refractivity contribution in [2.24, 2.45) is 10.8 Å². The molecule has 0 unspecified atom stereocenters. The number of hydrogen-bond donors (Lipinski definition) is 0.